The summed E-state index contributed by atoms with van der Waals surface area (Å²) >= 11 is 2.81. The number of benzene rings is 1. The van der Waals surface area contributed by atoms with E-state index in [4.69, 9.17) is 0 Å². The normalized spacial score (nSPS) is 11.1. The maximum Gasteiger partial charge on any atom is 0.281 e. The molecule has 0 saturated heterocycles. The van der Waals surface area contributed by atoms with Crippen molar-refractivity contribution in [3.63, 3.8) is 0 Å². The summed E-state index contributed by atoms with van der Waals surface area (Å²) in [7, 11) is 0. The van der Waals surface area contributed by atoms with E-state index in [0.717, 1.165) is 10.3 Å². The van der Waals surface area contributed by atoms with Gasteiger partial charge >= 0.3 is 0 Å². The van der Waals surface area contributed by atoms with Gasteiger partial charge in [0.25, 0.3) is 11.6 Å². The standard InChI is InChI=1S/C14H9N3O3S2/c18-14(16-15-7-9-3-4-21-8-9)13-6-10-5-11(17(19)20)1-2-12(10)22-13/h1-8H,(H,16,18)/b15-7-. The first-order chi connectivity index (χ1) is 10.6. The number of rotatable bonds is 4. The molecule has 0 aliphatic heterocycles. The Bertz CT molecular complexity index is 869. The average molecular weight is 331 g/mol. The van der Waals surface area contributed by atoms with Gasteiger partial charge in [0.2, 0.25) is 0 Å². The van der Waals surface area contributed by atoms with E-state index in [1.165, 1.54) is 23.5 Å². The van der Waals surface area contributed by atoms with E-state index in [1.54, 1.807) is 29.7 Å². The molecule has 0 radical (unpaired) electrons. The van der Waals surface area contributed by atoms with E-state index in [1.807, 2.05) is 16.8 Å². The number of non-ortho nitro benzene ring substituents is 1. The molecule has 22 heavy (non-hydrogen) atoms. The highest BCUT2D eigenvalue weighted by atomic mass is 32.1. The molecule has 0 aliphatic rings. The number of nitro groups is 1. The number of nitrogens with zero attached hydrogens (tertiary/aromatic N) is 2. The fourth-order valence-electron chi connectivity index (χ4n) is 1.83. The summed E-state index contributed by atoms with van der Waals surface area (Å²) < 4.78 is 0.817. The van der Waals surface area contributed by atoms with Crippen molar-refractivity contribution in [1.82, 2.24) is 5.43 Å². The number of thiophene rings is 2. The van der Waals surface area contributed by atoms with Gasteiger partial charge in [-0.05, 0) is 29.0 Å². The third-order valence-corrected chi connectivity index (χ3v) is 4.67. The minimum atomic E-state index is -0.456. The Hall–Kier alpha value is -2.58. The molecule has 3 rings (SSSR count). The lowest BCUT2D eigenvalue weighted by Gasteiger charge is -1.94. The summed E-state index contributed by atoms with van der Waals surface area (Å²) in [6.07, 6.45) is 1.56. The van der Waals surface area contributed by atoms with Crippen molar-refractivity contribution >= 4 is 50.6 Å². The predicted molar refractivity (Wildman–Crippen MR) is 87.9 cm³/mol. The molecule has 110 valence electrons. The van der Waals surface area contributed by atoms with Gasteiger partial charge in [-0.2, -0.15) is 16.4 Å². The fraction of sp³-hybridized carbons (Fsp3) is 0. The first-order valence-electron chi connectivity index (χ1n) is 6.17. The molecule has 1 N–H and O–H groups in total. The molecular weight excluding hydrogens is 322 g/mol. The Kier molecular flexibility index (Phi) is 3.94. The molecule has 0 fully saturated rings. The molecule has 0 atom stereocenters. The minimum Gasteiger partial charge on any atom is -0.266 e. The van der Waals surface area contributed by atoms with Crippen molar-refractivity contribution in [2.75, 3.05) is 0 Å². The molecule has 0 unspecified atom stereocenters. The zero-order valence-corrected chi connectivity index (χ0v) is 12.7. The van der Waals surface area contributed by atoms with Crippen molar-refractivity contribution in [2.24, 2.45) is 5.10 Å². The van der Waals surface area contributed by atoms with Crippen LogP contribution in [0.3, 0.4) is 0 Å². The largest absolute Gasteiger partial charge is 0.281 e. The molecule has 6 nitrogen and oxygen atoms in total. The molecular formula is C14H9N3O3S2. The van der Waals surface area contributed by atoms with Crippen LogP contribution in [0.25, 0.3) is 10.1 Å². The fourth-order valence-corrected chi connectivity index (χ4v) is 3.37. The second-order valence-corrected chi connectivity index (χ2v) is 6.21. The second-order valence-electron chi connectivity index (χ2n) is 4.35. The van der Waals surface area contributed by atoms with E-state index < -0.39 is 4.92 Å². The van der Waals surface area contributed by atoms with Crippen molar-refractivity contribution in [3.8, 4) is 0 Å². The number of hydrogen-bond donors (Lipinski definition) is 1. The Morgan fingerprint density at radius 3 is 2.91 bits per heavy atom. The molecule has 1 aromatic carbocycles. The molecule has 0 saturated carbocycles. The number of carbonyl (C=O) groups excluding carboxylic acids is 1. The van der Waals surface area contributed by atoms with Crippen LogP contribution in [0.2, 0.25) is 0 Å². The zero-order valence-electron chi connectivity index (χ0n) is 11.1. The quantitative estimate of drug-likeness (QED) is 0.450. The summed E-state index contributed by atoms with van der Waals surface area (Å²) in [4.78, 5) is 22.8. The van der Waals surface area contributed by atoms with Gasteiger partial charge in [0.1, 0.15) is 0 Å². The molecule has 3 aromatic rings. The van der Waals surface area contributed by atoms with E-state index in [0.29, 0.717) is 10.3 Å². The van der Waals surface area contributed by atoms with E-state index in [9.17, 15) is 14.9 Å². The van der Waals surface area contributed by atoms with Gasteiger partial charge in [-0.15, -0.1) is 11.3 Å². The van der Waals surface area contributed by atoms with Crippen molar-refractivity contribution in [1.29, 1.82) is 0 Å². The third kappa shape index (κ3) is 3.02. The average Bonchev–Trinajstić information content (AvgIpc) is 3.15. The lowest BCUT2D eigenvalue weighted by molar-refractivity contribution is -0.384. The third-order valence-electron chi connectivity index (χ3n) is 2.86. The van der Waals surface area contributed by atoms with Crippen LogP contribution in [0.5, 0.6) is 0 Å². The summed E-state index contributed by atoms with van der Waals surface area (Å²) in [6.45, 7) is 0. The van der Waals surface area contributed by atoms with Crippen molar-refractivity contribution < 1.29 is 9.72 Å². The van der Waals surface area contributed by atoms with Crippen LogP contribution in [-0.4, -0.2) is 17.0 Å². The van der Waals surface area contributed by atoms with Gasteiger partial charge in [0.05, 0.1) is 16.0 Å². The number of hydrazone groups is 1. The minimum absolute atomic E-state index is 0.00716. The van der Waals surface area contributed by atoms with Crippen LogP contribution in [0.4, 0.5) is 5.69 Å². The summed E-state index contributed by atoms with van der Waals surface area (Å²) in [6, 6.07) is 8.04. The first kappa shape index (κ1) is 14.4. The van der Waals surface area contributed by atoms with Crippen LogP contribution in [-0.2, 0) is 0 Å². The molecule has 0 aliphatic carbocycles. The van der Waals surface area contributed by atoms with Crippen LogP contribution in [0, 0.1) is 10.1 Å². The van der Waals surface area contributed by atoms with Crippen LogP contribution >= 0.6 is 22.7 Å². The van der Waals surface area contributed by atoms with Gasteiger partial charge in [-0.25, -0.2) is 5.43 Å². The van der Waals surface area contributed by atoms with Gasteiger partial charge < -0.3 is 0 Å². The van der Waals surface area contributed by atoms with Crippen LogP contribution in [0.15, 0.2) is 46.2 Å². The predicted octanol–water partition coefficient (Wildman–Crippen LogP) is 3.63. The van der Waals surface area contributed by atoms with Crippen LogP contribution in [0.1, 0.15) is 15.2 Å². The zero-order chi connectivity index (χ0) is 15.5. The highest BCUT2D eigenvalue weighted by Crippen LogP contribution is 2.28. The molecule has 2 heterocycles. The monoisotopic (exact) mass is 331 g/mol. The number of fused-ring (bicyclic) bond motifs is 1. The molecule has 1 amide bonds. The number of hydrogen-bond acceptors (Lipinski definition) is 6. The summed E-state index contributed by atoms with van der Waals surface area (Å²) in [5.74, 6) is -0.338. The van der Waals surface area contributed by atoms with Gasteiger partial charge in [0, 0.05) is 27.8 Å². The van der Waals surface area contributed by atoms with E-state index >= 15 is 0 Å². The molecule has 0 spiro atoms. The Morgan fingerprint density at radius 1 is 1.32 bits per heavy atom. The molecule has 2 aromatic heterocycles. The SMILES string of the molecule is O=C(N/N=C\c1ccsc1)c1cc2cc([N+](=O)[O-])ccc2s1. The molecule has 0 bridgehead atoms. The smallest absolute Gasteiger partial charge is 0.266 e. The number of nitro benzene ring substituents is 1. The Balaban J connectivity index is 1.77. The lowest BCUT2D eigenvalue weighted by Crippen LogP contribution is -2.15. The van der Waals surface area contributed by atoms with E-state index in [-0.39, 0.29) is 11.6 Å². The van der Waals surface area contributed by atoms with Crippen LogP contribution < -0.4 is 5.43 Å². The van der Waals surface area contributed by atoms with Gasteiger partial charge in [0.15, 0.2) is 0 Å². The highest BCUT2D eigenvalue weighted by molar-refractivity contribution is 7.20. The topological polar surface area (TPSA) is 84.6 Å². The van der Waals surface area contributed by atoms with Gasteiger partial charge in [-0.1, -0.05) is 0 Å². The van der Waals surface area contributed by atoms with Gasteiger partial charge in [-0.3, -0.25) is 14.9 Å². The van der Waals surface area contributed by atoms with E-state index in [2.05, 4.69) is 10.5 Å². The van der Waals surface area contributed by atoms with Crippen molar-refractivity contribution in [2.45, 2.75) is 0 Å². The lowest BCUT2D eigenvalue weighted by atomic mass is 10.2. The maximum atomic E-state index is 12.0. The number of carbonyl (C=O) groups is 1. The Morgan fingerprint density at radius 2 is 2.18 bits per heavy atom. The highest BCUT2D eigenvalue weighted by Gasteiger charge is 2.12. The second kappa shape index (κ2) is 6.04. The molecule has 8 heteroatoms. The number of amides is 1. The number of nitrogens with one attached hydrogen (secondary N) is 1. The first-order valence-corrected chi connectivity index (χ1v) is 7.93. The maximum absolute atomic E-state index is 12.0. The Labute approximate surface area is 132 Å². The summed E-state index contributed by atoms with van der Waals surface area (Å²) in [5.41, 5.74) is 3.37. The summed E-state index contributed by atoms with van der Waals surface area (Å²) in [5, 5.41) is 19.1. The van der Waals surface area contributed by atoms with Crippen molar-refractivity contribution in [3.05, 3.63) is 61.6 Å².